The average molecular weight is 925 g/mol. The highest BCUT2D eigenvalue weighted by molar-refractivity contribution is 8.17. The van der Waals surface area contributed by atoms with Crippen molar-refractivity contribution in [2.45, 2.75) is 56.6 Å². The summed E-state index contributed by atoms with van der Waals surface area (Å²) in [5, 5.41) is 12.2. The molecule has 0 saturated carbocycles. The van der Waals surface area contributed by atoms with E-state index >= 15 is 0 Å². The largest absolute Gasteiger partial charge is 0.493 e. The zero-order chi connectivity index (χ0) is 46.2. The Bertz CT molecular complexity index is 2080. The van der Waals surface area contributed by atoms with Crippen LogP contribution < -0.4 is 33.2 Å². The first kappa shape index (κ1) is 49.5. The van der Waals surface area contributed by atoms with Crippen molar-refractivity contribution in [2.75, 3.05) is 93.0 Å². The monoisotopic (exact) mass is 924 g/mol. The molecule has 0 bridgehead atoms. The molecule has 64 heavy (non-hydrogen) atoms. The number of likely N-dealkylation sites (tertiary alicyclic amines) is 1. The van der Waals surface area contributed by atoms with Gasteiger partial charge >= 0.3 is 0 Å². The molecule has 348 valence electrons. The van der Waals surface area contributed by atoms with E-state index in [9.17, 15) is 24.5 Å². The van der Waals surface area contributed by atoms with Gasteiger partial charge < -0.3 is 47.9 Å². The molecule has 0 spiro atoms. The third-order valence-electron chi connectivity index (χ3n) is 10.9. The van der Waals surface area contributed by atoms with Gasteiger partial charge in [-0.2, -0.15) is 0 Å². The molecule has 0 N–H and O–H groups in total. The van der Waals surface area contributed by atoms with E-state index in [1.807, 2.05) is 29.6 Å². The van der Waals surface area contributed by atoms with Gasteiger partial charge in [-0.3, -0.25) is 24.5 Å². The van der Waals surface area contributed by atoms with Gasteiger partial charge in [-0.1, -0.05) is 19.9 Å². The third-order valence-corrected chi connectivity index (χ3v) is 13.7. The Balaban J connectivity index is 1.07. The Kier molecular flexibility index (Phi) is 19.0. The van der Waals surface area contributed by atoms with Crippen LogP contribution in [0.25, 0.3) is 6.08 Å². The minimum atomic E-state index is -0.534. The lowest BCUT2D eigenvalue weighted by Crippen LogP contribution is -2.50. The van der Waals surface area contributed by atoms with Gasteiger partial charge in [0.25, 0.3) is 17.5 Å². The fourth-order valence-corrected chi connectivity index (χ4v) is 10.5. The van der Waals surface area contributed by atoms with E-state index in [0.717, 1.165) is 36.3 Å². The molecule has 5 rings (SSSR count). The van der Waals surface area contributed by atoms with Gasteiger partial charge in [-0.05, 0) is 79.5 Å². The van der Waals surface area contributed by atoms with Crippen molar-refractivity contribution in [1.29, 1.82) is 0 Å². The first-order valence-corrected chi connectivity index (χ1v) is 23.5. The van der Waals surface area contributed by atoms with Gasteiger partial charge in [0.05, 0.1) is 70.4 Å². The van der Waals surface area contributed by atoms with Gasteiger partial charge in [0.2, 0.25) is 11.7 Å². The van der Waals surface area contributed by atoms with E-state index < -0.39 is 4.92 Å². The number of benzene rings is 3. The van der Waals surface area contributed by atoms with Crippen LogP contribution in [-0.4, -0.2) is 141 Å². The second kappa shape index (κ2) is 24.5. The number of carbonyl (C=O) groups excluding carboxylic acids is 3. The Morgan fingerprint density at radius 1 is 0.719 bits per heavy atom. The van der Waals surface area contributed by atoms with Crippen LogP contribution in [0.2, 0.25) is 0 Å². The van der Waals surface area contributed by atoms with E-state index in [1.54, 1.807) is 52.2 Å². The minimum absolute atomic E-state index is 0.00144. The number of piperazine rings is 1. The summed E-state index contributed by atoms with van der Waals surface area (Å²) < 4.78 is 39.5. The van der Waals surface area contributed by atoms with Crippen molar-refractivity contribution in [2.24, 2.45) is 0 Å². The summed E-state index contributed by atoms with van der Waals surface area (Å²) in [5.74, 6) is 3.87. The second-order valence-electron chi connectivity index (χ2n) is 14.8. The van der Waals surface area contributed by atoms with Crippen LogP contribution in [0, 0.1) is 10.1 Å². The molecular weight excluding hydrogens is 865 g/mol. The Labute approximate surface area is 384 Å². The predicted molar refractivity (Wildman–Crippen MR) is 249 cm³/mol. The quantitative estimate of drug-likeness (QED) is 0.0298. The van der Waals surface area contributed by atoms with Gasteiger partial charge in [0.1, 0.15) is 5.56 Å². The first-order chi connectivity index (χ1) is 31.0. The topological polar surface area (TPSA) is 169 Å². The van der Waals surface area contributed by atoms with E-state index in [1.165, 1.54) is 46.6 Å². The summed E-state index contributed by atoms with van der Waals surface area (Å²) in [6.07, 6.45) is 7.06. The van der Waals surface area contributed by atoms with Crippen LogP contribution in [0.4, 0.5) is 5.69 Å². The molecule has 0 unspecified atom stereocenters. The molecule has 0 aliphatic carbocycles. The molecule has 3 aromatic carbocycles. The maximum Gasteiger partial charge on any atom is 0.286 e. The number of ether oxygens (including phenoxy) is 7. The minimum Gasteiger partial charge on any atom is -0.493 e. The molecule has 2 heterocycles. The van der Waals surface area contributed by atoms with Crippen molar-refractivity contribution >= 4 is 53.0 Å². The van der Waals surface area contributed by atoms with E-state index in [0.29, 0.717) is 86.5 Å². The number of thioether (sulfide) groups is 2. The number of nitro groups is 1. The van der Waals surface area contributed by atoms with Crippen LogP contribution in [-0.2, 0) is 4.79 Å². The fraction of sp³-hybridized carbons (Fsp3) is 0.500. The van der Waals surface area contributed by atoms with Crippen molar-refractivity contribution in [1.82, 2.24) is 14.7 Å². The van der Waals surface area contributed by atoms with Crippen LogP contribution in [0.3, 0.4) is 0 Å². The van der Waals surface area contributed by atoms with Crippen LogP contribution >= 0.6 is 23.5 Å². The summed E-state index contributed by atoms with van der Waals surface area (Å²) in [4.78, 5) is 57.2. The number of methoxy groups -OCH3 is 5. The SMILES string of the molecule is CCSC(SCC)[C@@H]1CCCN1C(=O)c1cc(OC)c(OCCCCCOc2ccc(/C=C/C(=O)N3CCN(C(=O)c4cc(OC)c(OC)c(OC)c4)CC3)cc2OC)cc1[N+](=O)[O-]. The lowest BCUT2D eigenvalue weighted by Gasteiger charge is -2.34. The number of unbranched alkanes of at least 4 members (excludes halogenated alkanes) is 2. The zero-order valence-corrected chi connectivity index (χ0v) is 39.4. The lowest BCUT2D eigenvalue weighted by atomic mass is 10.1. The molecule has 0 aromatic heterocycles. The Morgan fingerprint density at radius 2 is 1.31 bits per heavy atom. The van der Waals surface area contributed by atoms with Crippen LogP contribution in [0.5, 0.6) is 40.2 Å². The molecule has 18 heteroatoms. The zero-order valence-electron chi connectivity index (χ0n) is 37.8. The summed E-state index contributed by atoms with van der Waals surface area (Å²) in [6.45, 7) is 6.95. The third kappa shape index (κ3) is 12.4. The predicted octanol–water partition coefficient (Wildman–Crippen LogP) is 7.70. The smallest absolute Gasteiger partial charge is 0.286 e. The molecule has 2 fully saturated rings. The maximum atomic E-state index is 13.9. The summed E-state index contributed by atoms with van der Waals surface area (Å²) in [5.41, 5.74) is 0.858. The molecule has 2 aliphatic heterocycles. The molecule has 3 amide bonds. The molecule has 1 atom stereocenters. The van der Waals surface area contributed by atoms with Crippen molar-refractivity contribution in [3.05, 3.63) is 75.3 Å². The lowest BCUT2D eigenvalue weighted by molar-refractivity contribution is -0.385. The standard InChI is InChI=1S/C46H60N4O12S2/c1-8-63-46(64-9-2)34-14-13-19-49(34)45(53)33-29-38(57-4)39(30-35(33)50(54)55)62-25-12-10-11-24-61-36-17-15-31(26-37(36)56-3)16-18-42(51)47-20-22-48(23-21-47)44(52)32-27-40(58-5)43(60-7)41(28-32)59-6/h15-18,26-30,34,46H,8-14,19-25H2,1-7H3/b18-16+/t34-/m0/s1. The number of carbonyl (C=O) groups is 3. The van der Waals surface area contributed by atoms with Crippen LogP contribution in [0.15, 0.2) is 48.5 Å². The number of hydrogen-bond acceptors (Lipinski definition) is 14. The number of hydrogen-bond donors (Lipinski definition) is 0. The molecule has 0 radical (unpaired) electrons. The van der Waals surface area contributed by atoms with E-state index in [2.05, 4.69) is 13.8 Å². The highest BCUT2D eigenvalue weighted by Crippen LogP contribution is 2.41. The first-order valence-electron chi connectivity index (χ1n) is 21.4. The molecular formula is C46H60N4O12S2. The van der Waals surface area contributed by atoms with E-state index in [-0.39, 0.29) is 57.7 Å². The second-order valence-corrected chi connectivity index (χ2v) is 17.9. The molecule has 16 nitrogen and oxygen atoms in total. The maximum absolute atomic E-state index is 13.9. The number of nitro benzene ring substituents is 1. The normalized spacial score (nSPS) is 15.1. The molecule has 3 aromatic rings. The fourth-order valence-electron chi connectivity index (χ4n) is 7.67. The number of amides is 3. The summed E-state index contributed by atoms with van der Waals surface area (Å²) in [7, 11) is 7.50. The average Bonchev–Trinajstić information content (AvgIpc) is 3.82. The summed E-state index contributed by atoms with van der Waals surface area (Å²) in [6, 6.07) is 11.4. The van der Waals surface area contributed by atoms with Gasteiger partial charge in [-0.15, -0.1) is 23.5 Å². The van der Waals surface area contributed by atoms with Crippen molar-refractivity contribution < 1.29 is 52.5 Å². The van der Waals surface area contributed by atoms with Gasteiger partial charge in [-0.25, -0.2) is 0 Å². The number of nitrogens with zero attached hydrogens (tertiary/aromatic N) is 4. The van der Waals surface area contributed by atoms with Crippen LogP contribution in [0.1, 0.15) is 72.2 Å². The highest BCUT2D eigenvalue weighted by Gasteiger charge is 2.38. The van der Waals surface area contributed by atoms with E-state index in [4.69, 9.17) is 33.2 Å². The molecule has 2 aliphatic rings. The molecule has 2 saturated heterocycles. The van der Waals surface area contributed by atoms with Gasteiger partial charge in [0.15, 0.2) is 34.5 Å². The van der Waals surface area contributed by atoms with Crippen molar-refractivity contribution in [3.63, 3.8) is 0 Å². The highest BCUT2D eigenvalue weighted by atomic mass is 32.2. The Hall–Kier alpha value is -5.49. The number of rotatable bonds is 23. The summed E-state index contributed by atoms with van der Waals surface area (Å²) >= 11 is 3.62. The van der Waals surface area contributed by atoms with Gasteiger partial charge in [0, 0.05) is 50.4 Å². The Morgan fingerprint density at radius 3 is 1.89 bits per heavy atom. The van der Waals surface area contributed by atoms with Crippen molar-refractivity contribution in [3.8, 4) is 40.2 Å².